The summed E-state index contributed by atoms with van der Waals surface area (Å²) in [5, 5.41) is 11.2. The van der Waals surface area contributed by atoms with Gasteiger partial charge in [-0.3, -0.25) is 4.68 Å². The Morgan fingerprint density at radius 3 is 2.79 bits per heavy atom. The molecule has 1 saturated carbocycles. The van der Waals surface area contributed by atoms with Crippen LogP contribution in [0, 0.1) is 0 Å². The van der Waals surface area contributed by atoms with E-state index in [-0.39, 0.29) is 24.9 Å². The van der Waals surface area contributed by atoms with Crippen LogP contribution in [0.15, 0.2) is 36.5 Å². The van der Waals surface area contributed by atoms with E-state index >= 15 is 0 Å². The molecule has 28 heavy (non-hydrogen) atoms. The molecule has 4 rings (SSSR count). The fraction of sp³-hybridized carbons (Fsp3) is 0.421. The van der Waals surface area contributed by atoms with E-state index in [1.807, 2.05) is 30.3 Å². The van der Waals surface area contributed by atoms with Gasteiger partial charge in [-0.25, -0.2) is 8.78 Å². The van der Waals surface area contributed by atoms with Crippen molar-refractivity contribution in [1.82, 2.24) is 19.7 Å². The number of aryl methyl sites for hydroxylation is 1. The average molecular weight is 387 g/mol. The lowest BCUT2D eigenvalue weighted by molar-refractivity contribution is 0.00852. The number of nitrogens with two attached hydrogens (primary N) is 1. The molecule has 7 nitrogen and oxygen atoms in total. The highest BCUT2D eigenvalue weighted by molar-refractivity contribution is 5.87. The Morgan fingerprint density at radius 1 is 1.29 bits per heavy atom. The number of rotatable bonds is 6. The second kappa shape index (κ2) is 7.31. The number of benzene rings is 1. The lowest BCUT2D eigenvalue weighted by Crippen LogP contribution is -2.23. The lowest BCUT2D eigenvalue weighted by atomic mass is 10.1. The minimum absolute atomic E-state index is 0.108. The minimum atomic E-state index is -2.62. The maximum absolute atomic E-state index is 13.5. The van der Waals surface area contributed by atoms with Crippen molar-refractivity contribution in [1.29, 1.82) is 0 Å². The third-order valence-corrected chi connectivity index (χ3v) is 5.04. The van der Waals surface area contributed by atoms with E-state index in [0.717, 1.165) is 5.56 Å². The van der Waals surface area contributed by atoms with Gasteiger partial charge in [0.15, 0.2) is 5.65 Å². The van der Waals surface area contributed by atoms with Gasteiger partial charge in [0.25, 0.3) is 0 Å². The van der Waals surface area contributed by atoms with E-state index in [1.54, 1.807) is 17.9 Å². The maximum atomic E-state index is 13.5. The number of fused-ring (bicyclic) bond motifs is 1. The van der Waals surface area contributed by atoms with E-state index in [4.69, 9.17) is 5.73 Å². The third kappa shape index (κ3) is 3.89. The molecule has 3 aromatic rings. The number of anilines is 2. The normalized spacial score (nSPS) is 19.6. The summed E-state index contributed by atoms with van der Waals surface area (Å²) in [6.07, 6.45) is 1.74. The van der Waals surface area contributed by atoms with E-state index < -0.39 is 5.92 Å². The Bertz CT molecular complexity index is 958. The number of aromatic nitrogens is 4. The predicted octanol–water partition coefficient (Wildman–Crippen LogP) is 3.07. The van der Waals surface area contributed by atoms with E-state index in [9.17, 15) is 8.78 Å². The van der Waals surface area contributed by atoms with Crippen molar-refractivity contribution in [2.75, 3.05) is 17.2 Å². The fourth-order valence-corrected chi connectivity index (χ4v) is 3.50. The smallest absolute Gasteiger partial charge is 0.250 e. The molecule has 0 aliphatic heterocycles. The van der Waals surface area contributed by atoms with Crippen LogP contribution in [-0.4, -0.2) is 38.3 Å². The second-order valence-electron chi connectivity index (χ2n) is 7.24. The van der Waals surface area contributed by atoms with Crippen LogP contribution in [0.4, 0.5) is 20.5 Å². The van der Waals surface area contributed by atoms with Crippen molar-refractivity contribution in [2.45, 2.75) is 37.3 Å². The van der Waals surface area contributed by atoms with Crippen LogP contribution in [0.2, 0.25) is 0 Å². The summed E-state index contributed by atoms with van der Waals surface area (Å²) in [5.74, 6) is -1.73. The van der Waals surface area contributed by atoms with Crippen LogP contribution in [0.3, 0.4) is 0 Å². The number of hydrogen-bond donors (Lipinski definition) is 3. The summed E-state index contributed by atoms with van der Waals surface area (Å²) in [4.78, 5) is 9.00. The van der Waals surface area contributed by atoms with Crippen LogP contribution in [0.5, 0.6) is 0 Å². The van der Waals surface area contributed by atoms with Gasteiger partial charge in [0, 0.05) is 38.5 Å². The minimum Gasteiger partial charge on any atom is -0.366 e. The van der Waals surface area contributed by atoms with Gasteiger partial charge in [0.2, 0.25) is 11.9 Å². The van der Waals surface area contributed by atoms with E-state index in [2.05, 4.69) is 25.7 Å². The van der Waals surface area contributed by atoms with Gasteiger partial charge in [0.1, 0.15) is 5.82 Å². The largest absolute Gasteiger partial charge is 0.366 e. The third-order valence-electron chi connectivity index (χ3n) is 5.04. The van der Waals surface area contributed by atoms with Gasteiger partial charge in [-0.2, -0.15) is 15.1 Å². The number of nitrogens with zero attached hydrogens (tertiary/aromatic N) is 4. The highest BCUT2D eigenvalue weighted by atomic mass is 19.3. The first kappa shape index (κ1) is 18.5. The van der Waals surface area contributed by atoms with Crippen molar-refractivity contribution in [3.63, 3.8) is 0 Å². The summed E-state index contributed by atoms with van der Waals surface area (Å²) in [5.41, 5.74) is 7.86. The second-order valence-corrected chi connectivity index (χ2v) is 7.24. The van der Waals surface area contributed by atoms with Crippen molar-refractivity contribution < 1.29 is 8.78 Å². The summed E-state index contributed by atoms with van der Waals surface area (Å²) >= 11 is 0. The number of halogens is 2. The highest BCUT2D eigenvalue weighted by Gasteiger charge is 2.39. The quantitative estimate of drug-likeness (QED) is 0.602. The lowest BCUT2D eigenvalue weighted by Gasteiger charge is -2.16. The standard InChI is InChI=1S/C19H23F2N7/c1-28-17-14(10-24-28)16(25-13-7-8-19(20,21)9-13)26-18(27-17)23-11-15(22)12-5-3-2-4-6-12/h2-6,10,13,15H,7-9,11,22H2,1H3,(H2,23,25,26,27)/t13-,15?/m0/s1. The van der Waals surface area contributed by atoms with Crippen LogP contribution in [0.25, 0.3) is 11.0 Å². The molecule has 148 valence electrons. The van der Waals surface area contributed by atoms with Gasteiger partial charge in [-0.1, -0.05) is 30.3 Å². The van der Waals surface area contributed by atoms with Gasteiger partial charge in [-0.05, 0) is 12.0 Å². The molecule has 2 heterocycles. The maximum Gasteiger partial charge on any atom is 0.250 e. The van der Waals surface area contributed by atoms with Gasteiger partial charge < -0.3 is 16.4 Å². The molecule has 1 aromatic carbocycles. The Morgan fingerprint density at radius 2 is 2.07 bits per heavy atom. The SMILES string of the molecule is Cn1ncc2c(N[C@H]3CCC(F)(F)C3)nc(NCC(N)c3ccccc3)nc21. The molecule has 1 aliphatic carbocycles. The zero-order valence-electron chi connectivity index (χ0n) is 15.6. The van der Waals surface area contributed by atoms with Crippen molar-refractivity contribution in [3.05, 3.63) is 42.1 Å². The zero-order valence-corrected chi connectivity index (χ0v) is 15.6. The molecule has 4 N–H and O–H groups in total. The molecule has 0 saturated heterocycles. The number of alkyl halides is 2. The molecule has 2 aromatic heterocycles. The van der Waals surface area contributed by atoms with Crippen molar-refractivity contribution in [3.8, 4) is 0 Å². The summed E-state index contributed by atoms with van der Waals surface area (Å²) in [6.45, 7) is 0.439. The molecular formula is C19H23F2N7. The molecule has 0 bridgehead atoms. The first-order valence-corrected chi connectivity index (χ1v) is 9.30. The molecule has 1 unspecified atom stereocenters. The molecule has 9 heteroatoms. The fourth-order valence-electron chi connectivity index (χ4n) is 3.50. The van der Waals surface area contributed by atoms with Gasteiger partial charge in [-0.15, -0.1) is 0 Å². The highest BCUT2D eigenvalue weighted by Crippen LogP contribution is 2.36. The van der Waals surface area contributed by atoms with E-state index in [0.29, 0.717) is 35.8 Å². The first-order valence-electron chi connectivity index (χ1n) is 9.30. The van der Waals surface area contributed by atoms with Crippen LogP contribution < -0.4 is 16.4 Å². The van der Waals surface area contributed by atoms with Crippen molar-refractivity contribution >= 4 is 22.8 Å². The zero-order chi connectivity index (χ0) is 19.7. The predicted molar refractivity (Wildman–Crippen MR) is 104 cm³/mol. The Balaban J connectivity index is 1.54. The monoisotopic (exact) mass is 387 g/mol. The molecule has 1 aliphatic rings. The van der Waals surface area contributed by atoms with Gasteiger partial charge >= 0.3 is 0 Å². The Hall–Kier alpha value is -2.81. The molecule has 0 radical (unpaired) electrons. The van der Waals surface area contributed by atoms with E-state index in [1.165, 1.54) is 0 Å². The molecule has 0 amide bonds. The summed E-state index contributed by atoms with van der Waals surface area (Å²) in [6, 6.07) is 9.19. The van der Waals surface area contributed by atoms with Gasteiger partial charge in [0.05, 0.1) is 11.6 Å². The number of hydrogen-bond acceptors (Lipinski definition) is 6. The van der Waals surface area contributed by atoms with Crippen molar-refractivity contribution in [2.24, 2.45) is 12.8 Å². The topological polar surface area (TPSA) is 93.7 Å². The Labute approximate surface area is 161 Å². The van der Waals surface area contributed by atoms with Crippen LogP contribution in [0.1, 0.15) is 30.9 Å². The van der Waals surface area contributed by atoms with Crippen LogP contribution in [-0.2, 0) is 7.05 Å². The Kier molecular flexibility index (Phi) is 4.84. The molecular weight excluding hydrogens is 364 g/mol. The molecule has 1 fully saturated rings. The number of nitrogens with one attached hydrogen (secondary N) is 2. The summed E-state index contributed by atoms with van der Waals surface area (Å²) < 4.78 is 28.7. The van der Waals surface area contributed by atoms with Crippen LogP contribution >= 0.6 is 0 Å². The molecule has 2 atom stereocenters. The first-order chi connectivity index (χ1) is 13.4. The average Bonchev–Trinajstić information content (AvgIpc) is 3.22. The summed E-state index contributed by atoms with van der Waals surface area (Å²) in [7, 11) is 1.78. The molecule has 0 spiro atoms.